The van der Waals surface area contributed by atoms with Gasteiger partial charge in [0.05, 0.1) is 0 Å². The van der Waals surface area contributed by atoms with Gasteiger partial charge in [0.1, 0.15) is 0 Å². The topological polar surface area (TPSA) is 76.0 Å². The summed E-state index contributed by atoms with van der Waals surface area (Å²) in [5.41, 5.74) is -1.06. The van der Waals surface area contributed by atoms with Crippen LogP contribution in [-0.4, -0.2) is 29.2 Å². The number of halogens is 2. The van der Waals surface area contributed by atoms with Crippen LogP contribution in [-0.2, 0) is 14.4 Å². The van der Waals surface area contributed by atoms with Gasteiger partial charge in [0.25, 0.3) is 0 Å². The van der Waals surface area contributed by atoms with E-state index in [1.165, 1.54) is 0 Å². The van der Waals surface area contributed by atoms with Crippen molar-refractivity contribution in [1.82, 2.24) is 0 Å². The van der Waals surface area contributed by atoms with Crippen molar-refractivity contribution in [3.05, 3.63) is 0 Å². The van der Waals surface area contributed by atoms with Gasteiger partial charge < -0.3 is 9.94 Å². The molecule has 5 nitrogen and oxygen atoms in total. The number of hydrogen-bond donors (Lipinski definition) is 1. The summed E-state index contributed by atoms with van der Waals surface area (Å²) < 4.78 is 22.6. The van der Waals surface area contributed by atoms with Crippen LogP contribution >= 0.6 is 0 Å². The van der Waals surface area contributed by atoms with Crippen LogP contribution in [0, 0.1) is 0 Å². The third-order valence-corrected chi connectivity index (χ3v) is 0.760. The fourth-order valence-electron chi connectivity index (χ4n) is 0.346. The molecule has 0 aromatic carbocycles. The lowest BCUT2D eigenvalue weighted by Crippen LogP contribution is -2.21. The van der Waals surface area contributed by atoms with E-state index in [2.05, 4.69) is 9.99 Å². The van der Waals surface area contributed by atoms with Gasteiger partial charge in [-0.2, -0.15) is 8.78 Å². The number of carboxylic acids is 1. The predicted octanol–water partition coefficient (Wildman–Crippen LogP) is 0.255. The Labute approximate surface area is 65.6 Å². The standard InChI is InChI=1S/C5H5F2NO4/c1-2(9)3(4(10)11)8-12-5(6)7/h5H,1H3,(H,10,11)/b8-3+. The Morgan fingerprint density at radius 2 is 2.00 bits per heavy atom. The van der Waals surface area contributed by atoms with Gasteiger partial charge in [-0.15, -0.1) is 0 Å². The van der Waals surface area contributed by atoms with Crippen LogP contribution in [0.25, 0.3) is 0 Å². The third-order valence-electron chi connectivity index (χ3n) is 0.760. The molecule has 1 N–H and O–H groups in total. The summed E-state index contributed by atoms with van der Waals surface area (Å²) in [4.78, 5) is 23.7. The van der Waals surface area contributed by atoms with E-state index in [1.54, 1.807) is 0 Å². The second-order valence-corrected chi connectivity index (χ2v) is 1.67. The molecule has 0 aromatic rings. The number of carbonyl (C=O) groups excluding carboxylic acids is 1. The first-order chi connectivity index (χ1) is 5.45. The average Bonchev–Trinajstić information content (AvgIpc) is 1.84. The highest BCUT2D eigenvalue weighted by atomic mass is 19.3. The van der Waals surface area contributed by atoms with Gasteiger partial charge in [-0.05, 0) is 0 Å². The number of Topliss-reactive ketones (excluding diaryl/α,β-unsaturated/α-hetero) is 1. The number of nitrogens with zero attached hydrogens (tertiary/aromatic N) is 1. The molecule has 0 aliphatic carbocycles. The molecule has 0 saturated carbocycles. The smallest absolute Gasteiger partial charge is 0.407 e. The normalized spacial score (nSPS) is 11.5. The van der Waals surface area contributed by atoms with Gasteiger partial charge in [-0.1, -0.05) is 5.16 Å². The number of ketones is 1. The van der Waals surface area contributed by atoms with Gasteiger partial charge in [-0.25, -0.2) is 4.79 Å². The number of carbonyl (C=O) groups is 2. The van der Waals surface area contributed by atoms with Crippen LogP contribution < -0.4 is 0 Å². The highest BCUT2D eigenvalue weighted by Crippen LogP contribution is 1.95. The molecule has 68 valence electrons. The molecule has 0 atom stereocenters. The lowest BCUT2D eigenvalue weighted by Gasteiger charge is -1.96. The van der Waals surface area contributed by atoms with Crippen LogP contribution in [0.2, 0.25) is 0 Å². The first kappa shape index (κ1) is 10.5. The molecule has 0 heterocycles. The van der Waals surface area contributed by atoms with E-state index in [9.17, 15) is 18.4 Å². The van der Waals surface area contributed by atoms with E-state index >= 15 is 0 Å². The molecular formula is C5H5F2NO4. The molecule has 0 bridgehead atoms. The molecule has 0 rings (SSSR count). The maximum absolute atomic E-state index is 11.3. The molecule has 12 heavy (non-hydrogen) atoms. The van der Waals surface area contributed by atoms with Gasteiger partial charge in [0.15, 0.2) is 5.78 Å². The first-order valence-corrected chi connectivity index (χ1v) is 2.71. The zero-order valence-electron chi connectivity index (χ0n) is 5.95. The lowest BCUT2D eigenvalue weighted by atomic mass is 10.3. The van der Waals surface area contributed by atoms with E-state index in [0.717, 1.165) is 6.92 Å². The number of carboxylic acid groups (broad SMARTS) is 1. The summed E-state index contributed by atoms with van der Waals surface area (Å²) in [5, 5.41) is 10.6. The monoisotopic (exact) mass is 181 g/mol. The van der Waals surface area contributed by atoms with E-state index < -0.39 is 24.1 Å². The van der Waals surface area contributed by atoms with Crippen molar-refractivity contribution in [2.24, 2.45) is 5.16 Å². The summed E-state index contributed by atoms with van der Waals surface area (Å²) in [6.45, 7) is -2.36. The fourth-order valence-corrected chi connectivity index (χ4v) is 0.346. The maximum atomic E-state index is 11.3. The molecule has 0 saturated heterocycles. The van der Waals surface area contributed by atoms with Crippen molar-refractivity contribution in [2.45, 2.75) is 13.5 Å². The Kier molecular flexibility index (Phi) is 3.81. The Balaban J connectivity index is 4.40. The summed E-state index contributed by atoms with van der Waals surface area (Å²) in [6.07, 6.45) is 0. The highest BCUT2D eigenvalue weighted by molar-refractivity contribution is 6.63. The summed E-state index contributed by atoms with van der Waals surface area (Å²) >= 11 is 0. The second kappa shape index (κ2) is 4.37. The largest absolute Gasteiger partial charge is 0.476 e. The summed E-state index contributed by atoms with van der Waals surface area (Å²) in [6, 6.07) is 0. The van der Waals surface area contributed by atoms with E-state index in [-0.39, 0.29) is 0 Å². The number of alkyl halides is 2. The van der Waals surface area contributed by atoms with Gasteiger partial charge >= 0.3 is 12.6 Å². The SMILES string of the molecule is CC(=O)/C(=N\OC(F)F)C(=O)O. The van der Waals surface area contributed by atoms with Crippen molar-refractivity contribution in [3.8, 4) is 0 Å². The average molecular weight is 181 g/mol. The van der Waals surface area contributed by atoms with Gasteiger partial charge in [0, 0.05) is 6.92 Å². The van der Waals surface area contributed by atoms with Crippen molar-refractivity contribution in [1.29, 1.82) is 0 Å². The maximum Gasteiger partial charge on any atom is 0.407 e. The minimum atomic E-state index is -3.24. The highest BCUT2D eigenvalue weighted by Gasteiger charge is 2.16. The molecule has 0 aromatic heterocycles. The molecule has 0 aliphatic rings. The molecule has 0 spiro atoms. The molecule has 0 amide bonds. The minimum absolute atomic E-state index is 0.877. The Morgan fingerprint density at radius 1 is 1.50 bits per heavy atom. The van der Waals surface area contributed by atoms with Crippen molar-refractivity contribution < 1.29 is 28.3 Å². The first-order valence-electron chi connectivity index (χ1n) is 2.71. The molecule has 0 fully saturated rings. The molecular weight excluding hydrogens is 176 g/mol. The molecule has 7 heteroatoms. The zero-order valence-corrected chi connectivity index (χ0v) is 5.95. The van der Waals surface area contributed by atoms with Crippen molar-refractivity contribution >= 4 is 17.5 Å². The fraction of sp³-hybridized carbons (Fsp3) is 0.400. The summed E-state index contributed by atoms with van der Waals surface area (Å²) in [5.74, 6) is -2.66. The Morgan fingerprint density at radius 3 is 2.25 bits per heavy atom. The lowest BCUT2D eigenvalue weighted by molar-refractivity contribution is -0.135. The Hall–Kier alpha value is -1.53. The number of rotatable bonds is 4. The van der Waals surface area contributed by atoms with Crippen LogP contribution in [0.3, 0.4) is 0 Å². The van der Waals surface area contributed by atoms with Crippen molar-refractivity contribution in [2.75, 3.05) is 0 Å². The van der Waals surface area contributed by atoms with Crippen LogP contribution in [0.15, 0.2) is 5.16 Å². The number of hydrogen-bond acceptors (Lipinski definition) is 4. The number of oxime groups is 1. The van der Waals surface area contributed by atoms with Crippen LogP contribution in [0.5, 0.6) is 0 Å². The summed E-state index contributed by atoms with van der Waals surface area (Å²) in [7, 11) is 0. The van der Waals surface area contributed by atoms with Gasteiger partial charge in [0.2, 0.25) is 5.71 Å². The predicted molar refractivity (Wildman–Crippen MR) is 32.8 cm³/mol. The minimum Gasteiger partial charge on any atom is -0.476 e. The van der Waals surface area contributed by atoms with E-state index in [0.29, 0.717) is 0 Å². The molecule has 0 radical (unpaired) electrons. The zero-order chi connectivity index (χ0) is 9.72. The quantitative estimate of drug-likeness (QED) is 0.383. The molecule has 0 aliphatic heterocycles. The van der Waals surface area contributed by atoms with Crippen molar-refractivity contribution in [3.63, 3.8) is 0 Å². The molecule has 0 unspecified atom stereocenters. The number of aliphatic carboxylic acids is 1. The Bertz CT molecular complexity index is 209. The van der Waals surface area contributed by atoms with Crippen LogP contribution in [0.1, 0.15) is 6.92 Å². The van der Waals surface area contributed by atoms with Gasteiger partial charge in [-0.3, -0.25) is 4.79 Å². The second-order valence-electron chi connectivity index (χ2n) is 1.67. The van der Waals surface area contributed by atoms with Crippen LogP contribution in [0.4, 0.5) is 8.78 Å². The van der Waals surface area contributed by atoms with E-state index in [4.69, 9.17) is 5.11 Å². The third kappa shape index (κ3) is 3.59. The van der Waals surface area contributed by atoms with E-state index in [1.807, 2.05) is 0 Å².